The van der Waals surface area contributed by atoms with E-state index in [-0.39, 0.29) is 38.1 Å². The Kier molecular flexibility index (Phi) is 6.84. The van der Waals surface area contributed by atoms with Gasteiger partial charge in [-0.1, -0.05) is 13.8 Å². The lowest BCUT2D eigenvalue weighted by Gasteiger charge is -2.12. The number of rotatable bonds is 8. The van der Waals surface area contributed by atoms with E-state index in [1.165, 1.54) is 0 Å². The Morgan fingerprint density at radius 3 is 2.24 bits per heavy atom. The van der Waals surface area contributed by atoms with Crippen LogP contribution in [0.3, 0.4) is 0 Å². The summed E-state index contributed by atoms with van der Waals surface area (Å²) in [7, 11) is 0. The van der Waals surface area contributed by atoms with Gasteiger partial charge in [-0.3, -0.25) is 14.4 Å². The number of nitrogens with zero attached hydrogens (tertiary/aromatic N) is 1. The van der Waals surface area contributed by atoms with Gasteiger partial charge in [-0.15, -0.1) is 5.06 Å². The summed E-state index contributed by atoms with van der Waals surface area (Å²) in [6.45, 7) is 4.44. The smallest absolute Gasteiger partial charge is 0.333 e. The van der Waals surface area contributed by atoms with E-state index >= 15 is 0 Å². The van der Waals surface area contributed by atoms with Gasteiger partial charge >= 0.3 is 11.9 Å². The Bertz CT molecular complexity index is 402. The van der Waals surface area contributed by atoms with E-state index in [1.54, 1.807) is 0 Å². The average Bonchev–Trinajstić information content (AvgIpc) is 2.70. The van der Waals surface area contributed by atoms with E-state index in [0.717, 1.165) is 6.42 Å². The number of amides is 2. The molecule has 118 valence electrons. The molecule has 1 aliphatic heterocycles. The van der Waals surface area contributed by atoms with Gasteiger partial charge in [0.2, 0.25) is 0 Å². The average molecular weight is 299 g/mol. The molecule has 0 atom stereocenters. The second-order valence-corrected chi connectivity index (χ2v) is 5.30. The van der Waals surface area contributed by atoms with Crippen LogP contribution in [0.25, 0.3) is 0 Å². The summed E-state index contributed by atoms with van der Waals surface area (Å²) in [6.07, 6.45) is 1.25. The molecule has 0 bridgehead atoms. The number of imide groups is 1. The summed E-state index contributed by atoms with van der Waals surface area (Å²) in [5, 5.41) is 0.503. The molecular weight excluding hydrogens is 278 g/mol. The Labute approximate surface area is 123 Å². The van der Waals surface area contributed by atoms with Gasteiger partial charge in [-0.25, -0.2) is 4.79 Å². The number of hydrogen-bond acceptors (Lipinski definition) is 6. The quantitative estimate of drug-likeness (QED) is 0.496. The Hall–Kier alpha value is -1.92. The van der Waals surface area contributed by atoms with Crippen LogP contribution in [0.1, 0.15) is 52.4 Å². The molecule has 1 heterocycles. The summed E-state index contributed by atoms with van der Waals surface area (Å²) < 4.78 is 4.99. The van der Waals surface area contributed by atoms with E-state index in [4.69, 9.17) is 4.74 Å². The molecule has 1 saturated heterocycles. The van der Waals surface area contributed by atoms with Crippen LogP contribution < -0.4 is 0 Å². The fourth-order valence-corrected chi connectivity index (χ4v) is 1.66. The van der Waals surface area contributed by atoms with E-state index in [9.17, 15) is 19.2 Å². The van der Waals surface area contributed by atoms with Crippen LogP contribution in [-0.2, 0) is 28.8 Å². The van der Waals surface area contributed by atoms with E-state index in [0.29, 0.717) is 17.6 Å². The SMILES string of the molecule is CC(C)CCOC(=O)CCCC(=O)ON1C(=O)CCC1=O. The highest BCUT2D eigenvalue weighted by molar-refractivity contribution is 6.01. The fraction of sp³-hybridized carbons (Fsp3) is 0.714. The van der Waals surface area contributed by atoms with Crippen molar-refractivity contribution < 1.29 is 28.8 Å². The van der Waals surface area contributed by atoms with Crippen molar-refractivity contribution in [3.63, 3.8) is 0 Å². The molecule has 1 aliphatic rings. The molecule has 0 aromatic carbocycles. The molecule has 0 spiro atoms. The molecule has 7 heteroatoms. The molecule has 2 amide bonds. The third-order valence-electron chi connectivity index (χ3n) is 2.92. The summed E-state index contributed by atoms with van der Waals surface area (Å²) in [5.41, 5.74) is 0. The molecule has 0 aliphatic carbocycles. The first-order valence-electron chi connectivity index (χ1n) is 7.12. The number of esters is 1. The first kappa shape index (κ1) is 17.1. The molecule has 0 N–H and O–H groups in total. The van der Waals surface area contributed by atoms with Crippen LogP contribution in [0.5, 0.6) is 0 Å². The van der Waals surface area contributed by atoms with E-state index in [2.05, 4.69) is 4.84 Å². The van der Waals surface area contributed by atoms with Gasteiger partial charge in [-0.2, -0.15) is 0 Å². The maximum Gasteiger partial charge on any atom is 0.333 e. The molecule has 0 unspecified atom stereocenters. The number of hydrogen-bond donors (Lipinski definition) is 0. The minimum Gasteiger partial charge on any atom is -0.466 e. The molecule has 21 heavy (non-hydrogen) atoms. The Morgan fingerprint density at radius 1 is 1.10 bits per heavy atom. The van der Waals surface area contributed by atoms with Gasteiger partial charge in [0.25, 0.3) is 11.8 Å². The van der Waals surface area contributed by atoms with Crippen LogP contribution >= 0.6 is 0 Å². The molecule has 7 nitrogen and oxygen atoms in total. The summed E-state index contributed by atoms with van der Waals surface area (Å²) in [4.78, 5) is 49.9. The van der Waals surface area contributed by atoms with Crippen molar-refractivity contribution in [2.75, 3.05) is 6.61 Å². The highest BCUT2D eigenvalue weighted by Gasteiger charge is 2.32. The van der Waals surface area contributed by atoms with Crippen molar-refractivity contribution in [2.45, 2.75) is 52.4 Å². The first-order valence-corrected chi connectivity index (χ1v) is 7.12. The van der Waals surface area contributed by atoms with Gasteiger partial charge in [-0.05, 0) is 18.8 Å². The van der Waals surface area contributed by atoms with E-state index in [1.807, 2.05) is 13.8 Å². The van der Waals surface area contributed by atoms with Crippen LogP contribution in [0.15, 0.2) is 0 Å². The maximum atomic E-state index is 11.5. The molecule has 0 saturated carbocycles. The highest BCUT2D eigenvalue weighted by atomic mass is 16.7. The zero-order chi connectivity index (χ0) is 15.8. The Balaban J connectivity index is 2.14. The molecule has 0 aromatic heterocycles. The number of hydroxylamine groups is 2. The molecule has 1 fully saturated rings. The minimum absolute atomic E-state index is 0.0453. The molecule has 0 radical (unpaired) electrons. The normalized spacial score (nSPS) is 14.7. The largest absolute Gasteiger partial charge is 0.466 e. The van der Waals surface area contributed by atoms with Gasteiger partial charge in [0.15, 0.2) is 0 Å². The lowest BCUT2D eigenvalue weighted by Crippen LogP contribution is -2.32. The van der Waals surface area contributed by atoms with Crippen molar-refractivity contribution in [3.8, 4) is 0 Å². The third kappa shape index (κ3) is 6.37. The van der Waals surface area contributed by atoms with Crippen molar-refractivity contribution in [1.29, 1.82) is 0 Å². The minimum atomic E-state index is -0.700. The summed E-state index contributed by atoms with van der Waals surface area (Å²) in [5.74, 6) is -1.63. The van der Waals surface area contributed by atoms with Crippen molar-refractivity contribution in [2.24, 2.45) is 5.92 Å². The zero-order valence-corrected chi connectivity index (χ0v) is 12.4. The van der Waals surface area contributed by atoms with Gasteiger partial charge in [0.1, 0.15) is 0 Å². The monoisotopic (exact) mass is 299 g/mol. The lowest BCUT2D eigenvalue weighted by molar-refractivity contribution is -0.197. The second-order valence-electron chi connectivity index (χ2n) is 5.30. The predicted molar refractivity (Wildman–Crippen MR) is 71.4 cm³/mol. The first-order chi connectivity index (χ1) is 9.90. The number of carbonyl (C=O) groups is 4. The standard InChI is InChI=1S/C14H21NO6/c1-10(2)8-9-20-13(18)4-3-5-14(19)21-15-11(16)6-7-12(15)17/h10H,3-9H2,1-2H3. The molecule has 1 rings (SSSR count). The molecule has 0 aromatic rings. The van der Waals surface area contributed by atoms with Gasteiger partial charge in [0.05, 0.1) is 6.61 Å². The van der Waals surface area contributed by atoms with Crippen molar-refractivity contribution in [1.82, 2.24) is 5.06 Å². The summed E-state index contributed by atoms with van der Waals surface area (Å²) in [6, 6.07) is 0. The third-order valence-corrected chi connectivity index (χ3v) is 2.92. The summed E-state index contributed by atoms with van der Waals surface area (Å²) >= 11 is 0. The Morgan fingerprint density at radius 2 is 1.67 bits per heavy atom. The van der Waals surface area contributed by atoms with Crippen molar-refractivity contribution >= 4 is 23.8 Å². The van der Waals surface area contributed by atoms with Crippen LogP contribution in [-0.4, -0.2) is 35.4 Å². The van der Waals surface area contributed by atoms with Crippen LogP contribution in [0, 0.1) is 5.92 Å². The zero-order valence-electron chi connectivity index (χ0n) is 12.4. The predicted octanol–water partition coefficient (Wildman–Crippen LogP) is 1.35. The van der Waals surface area contributed by atoms with Crippen LogP contribution in [0.4, 0.5) is 0 Å². The second kappa shape index (κ2) is 8.39. The topological polar surface area (TPSA) is 90.0 Å². The number of carbonyl (C=O) groups excluding carboxylic acids is 4. The van der Waals surface area contributed by atoms with Crippen LogP contribution in [0.2, 0.25) is 0 Å². The number of ether oxygens (including phenoxy) is 1. The fourth-order valence-electron chi connectivity index (χ4n) is 1.66. The van der Waals surface area contributed by atoms with Gasteiger partial charge in [0, 0.05) is 25.7 Å². The maximum absolute atomic E-state index is 11.5. The van der Waals surface area contributed by atoms with Gasteiger partial charge < -0.3 is 9.57 Å². The highest BCUT2D eigenvalue weighted by Crippen LogP contribution is 2.13. The van der Waals surface area contributed by atoms with E-state index < -0.39 is 17.8 Å². The van der Waals surface area contributed by atoms with Crippen molar-refractivity contribution in [3.05, 3.63) is 0 Å². The molecular formula is C14H21NO6. The lowest BCUT2D eigenvalue weighted by atomic mass is 10.1.